The number of benzene rings is 1. The Kier molecular flexibility index (Phi) is 5.68. The third-order valence-corrected chi connectivity index (χ3v) is 6.53. The van der Waals surface area contributed by atoms with E-state index in [4.69, 9.17) is 16.3 Å². The van der Waals surface area contributed by atoms with Gasteiger partial charge in [-0.25, -0.2) is 14.4 Å². The first-order valence-corrected chi connectivity index (χ1v) is 10.5. The summed E-state index contributed by atoms with van der Waals surface area (Å²) in [4.78, 5) is 19.2. The monoisotopic (exact) mass is 472 g/mol. The predicted octanol–water partition coefficient (Wildman–Crippen LogP) is 4.74. The second-order valence-electron chi connectivity index (χ2n) is 8.41. The van der Waals surface area contributed by atoms with E-state index in [1.54, 1.807) is 6.07 Å². The largest absolute Gasteiger partial charge is 0.488 e. The lowest BCUT2D eigenvalue weighted by Crippen LogP contribution is -2.69. The Bertz CT molecular complexity index is 1010. The highest BCUT2D eigenvalue weighted by Crippen LogP contribution is 2.49. The number of nitrogens with one attached hydrogen (secondary N) is 2. The van der Waals surface area contributed by atoms with Gasteiger partial charge in [0.05, 0.1) is 23.0 Å². The van der Waals surface area contributed by atoms with Gasteiger partial charge < -0.3 is 15.4 Å². The fourth-order valence-electron chi connectivity index (χ4n) is 4.66. The molecule has 172 valence electrons. The number of halogens is 5. The third kappa shape index (κ3) is 4.46. The average Bonchev–Trinajstić information content (AvgIpc) is 2.71. The van der Waals surface area contributed by atoms with Crippen LogP contribution in [0.4, 0.5) is 23.4 Å². The Morgan fingerprint density at radius 1 is 1.19 bits per heavy atom. The Labute approximate surface area is 186 Å². The Balaban J connectivity index is 1.57. The summed E-state index contributed by atoms with van der Waals surface area (Å²) < 4.78 is 58.4. The number of rotatable bonds is 5. The van der Waals surface area contributed by atoms with Crippen LogP contribution in [0.25, 0.3) is 0 Å². The molecule has 11 heteroatoms. The number of anilines is 1. The van der Waals surface area contributed by atoms with E-state index in [9.17, 15) is 22.4 Å². The molecule has 2 aromatic rings. The van der Waals surface area contributed by atoms with Crippen LogP contribution in [0.3, 0.4) is 0 Å². The molecule has 3 saturated carbocycles. The molecule has 0 radical (unpaired) electrons. The predicted molar refractivity (Wildman–Crippen MR) is 109 cm³/mol. The van der Waals surface area contributed by atoms with Crippen LogP contribution in [0, 0.1) is 5.82 Å². The topological polar surface area (TPSA) is 76.1 Å². The van der Waals surface area contributed by atoms with E-state index < -0.39 is 34.9 Å². The zero-order chi connectivity index (χ0) is 23.1. The van der Waals surface area contributed by atoms with Gasteiger partial charge in [0.15, 0.2) is 5.69 Å². The minimum absolute atomic E-state index is 0.0295. The van der Waals surface area contributed by atoms with Gasteiger partial charge >= 0.3 is 6.18 Å². The number of carbonyl (C=O) groups is 1. The Hall–Kier alpha value is -2.62. The quantitative estimate of drug-likeness (QED) is 0.615. The molecule has 0 spiro atoms. The molecular formula is C21H21ClF4N4O2. The maximum absolute atomic E-state index is 13.9. The minimum Gasteiger partial charge on any atom is -0.488 e. The van der Waals surface area contributed by atoms with Crippen LogP contribution >= 0.6 is 11.6 Å². The number of alkyl halides is 3. The summed E-state index contributed by atoms with van der Waals surface area (Å²) in [6, 6.07) is 4.13. The number of aromatic nitrogens is 2. The lowest BCUT2D eigenvalue weighted by atomic mass is 9.59. The van der Waals surface area contributed by atoms with Gasteiger partial charge in [-0.3, -0.25) is 4.79 Å². The highest BCUT2D eigenvalue weighted by molar-refractivity contribution is 6.30. The fourth-order valence-corrected chi connectivity index (χ4v) is 4.78. The lowest BCUT2D eigenvalue weighted by molar-refractivity contribution is -0.141. The first-order chi connectivity index (χ1) is 15.0. The van der Waals surface area contributed by atoms with E-state index in [1.165, 1.54) is 19.1 Å². The third-order valence-electron chi connectivity index (χ3n) is 6.22. The molecule has 3 aliphatic rings. The zero-order valence-electron chi connectivity index (χ0n) is 17.1. The molecule has 6 nitrogen and oxygen atoms in total. The molecule has 3 fully saturated rings. The highest BCUT2D eigenvalue weighted by Gasteiger charge is 2.56. The number of carbonyl (C=O) groups excluding carboxylic acids is 1. The highest BCUT2D eigenvalue weighted by atomic mass is 35.5. The zero-order valence-corrected chi connectivity index (χ0v) is 17.9. The molecule has 32 heavy (non-hydrogen) atoms. The second-order valence-corrected chi connectivity index (χ2v) is 8.82. The molecular weight excluding hydrogens is 452 g/mol. The summed E-state index contributed by atoms with van der Waals surface area (Å²) in [5, 5.41) is 6.23. The molecule has 2 N–H and O–H groups in total. The van der Waals surface area contributed by atoms with Crippen molar-refractivity contribution in [3.63, 3.8) is 0 Å². The Morgan fingerprint density at radius 2 is 1.91 bits per heavy atom. The first kappa shape index (κ1) is 22.6. The van der Waals surface area contributed by atoms with E-state index in [0.717, 1.165) is 6.20 Å². The normalized spacial score (nSPS) is 27.1. The van der Waals surface area contributed by atoms with Crippen LogP contribution in [-0.4, -0.2) is 33.1 Å². The number of hydrogen-bond donors (Lipinski definition) is 2. The summed E-state index contributed by atoms with van der Waals surface area (Å²) in [5.74, 6) is -0.315. The van der Waals surface area contributed by atoms with Crippen molar-refractivity contribution < 1.29 is 27.1 Å². The molecule has 0 aliphatic heterocycles. The van der Waals surface area contributed by atoms with E-state index in [-0.39, 0.29) is 22.5 Å². The van der Waals surface area contributed by atoms with Crippen LogP contribution in [-0.2, 0) is 11.0 Å². The van der Waals surface area contributed by atoms with Crippen molar-refractivity contribution in [1.82, 2.24) is 15.3 Å². The van der Waals surface area contributed by atoms with Crippen LogP contribution in [0.5, 0.6) is 5.75 Å². The van der Waals surface area contributed by atoms with Gasteiger partial charge in [-0.1, -0.05) is 11.6 Å². The smallest absolute Gasteiger partial charge is 0.434 e. The summed E-state index contributed by atoms with van der Waals surface area (Å²) in [7, 11) is 0. The molecule has 1 unspecified atom stereocenters. The van der Waals surface area contributed by atoms with Crippen molar-refractivity contribution >= 4 is 23.3 Å². The van der Waals surface area contributed by atoms with Crippen molar-refractivity contribution in [2.75, 3.05) is 5.32 Å². The molecule has 3 aliphatic carbocycles. The fraction of sp³-hybridized carbons (Fsp3) is 0.476. The van der Waals surface area contributed by atoms with E-state index in [2.05, 4.69) is 20.6 Å². The van der Waals surface area contributed by atoms with Gasteiger partial charge in [-0.15, -0.1) is 0 Å². The van der Waals surface area contributed by atoms with Gasteiger partial charge in [0.2, 0.25) is 5.91 Å². The van der Waals surface area contributed by atoms with E-state index in [0.29, 0.717) is 38.3 Å². The van der Waals surface area contributed by atoms with Gasteiger partial charge in [0.1, 0.15) is 23.5 Å². The average molecular weight is 473 g/mol. The molecule has 1 aromatic heterocycles. The molecule has 1 amide bonds. The van der Waals surface area contributed by atoms with Gasteiger partial charge in [-0.05, 0) is 37.8 Å². The SMILES string of the molecule is CC(=O)NC12CCC(Nc3cnc(C(F)(F)F)cn3)(CC1)CC2Oc1ccc(Cl)c(F)c1. The summed E-state index contributed by atoms with van der Waals surface area (Å²) in [6.07, 6.45) is -0.435. The van der Waals surface area contributed by atoms with Crippen molar-refractivity contribution in [3.05, 3.63) is 47.1 Å². The van der Waals surface area contributed by atoms with Crippen molar-refractivity contribution in [3.8, 4) is 5.75 Å². The molecule has 1 heterocycles. The first-order valence-electron chi connectivity index (χ1n) is 10.1. The number of ether oxygens (including phenoxy) is 1. The molecule has 0 saturated heterocycles. The van der Waals surface area contributed by atoms with Crippen molar-refractivity contribution in [2.24, 2.45) is 0 Å². The van der Waals surface area contributed by atoms with E-state index in [1.807, 2.05) is 0 Å². The van der Waals surface area contributed by atoms with Crippen molar-refractivity contribution in [2.45, 2.75) is 62.4 Å². The van der Waals surface area contributed by atoms with Crippen LogP contribution in [0.15, 0.2) is 30.6 Å². The molecule has 2 bridgehead atoms. The summed E-state index contributed by atoms with van der Waals surface area (Å²) >= 11 is 5.75. The van der Waals surface area contributed by atoms with Gasteiger partial charge in [0, 0.05) is 24.9 Å². The van der Waals surface area contributed by atoms with Crippen LogP contribution in [0.1, 0.15) is 44.7 Å². The van der Waals surface area contributed by atoms with Crippen molar-refractivity contribution in [1.29, 1.82) is 0 Å². The van der Waals surface area contributed by atoms with E-state index >= 15 is 0 Å². The molecule has 1 atom stereocenters. The number of hydrogen-bond acceptors (Lipinski definition) is 5. The molecule has 1 aromatic carbocycles. The second kappa shape index (κ2) is 8.06. The number of nitrogens with zero attached hydrogens (tertiary/aromatic N) is 2. The lowest BCUT2D eigenvalue weighted by Gasteiger charge is -2.57. The summed E-state index contributed by atoms with van der Waals surface area (Å²) in [6.45, 7) is 1.43. The number of fused-ring (bicyclic) bond motifs is 3. The van der Waals surface area contributed by atoms with Crippen LogP contribution in [0.2, 0.25) is 5.02 Å². The van der Waals surface area contributed by atoms with Gasteiger partial charge in [-0.2, -0.15) is 13.2 Å². The Morgan fingerprint density at radius 3 is 2.47 bits per heavy atom. The number of amides is 1. The maximum atomic E-state index is 13.9. The minimum atomic E-state index is -4.57. The summed E-state index contributed by atoms with van der Waals surface area (Å²) in [5.41, 5.74) is -2.20. The standard InChI is InChI=1S/C21H21ClF4N4O2/c1-12(31)29-20-6-4-19(5-7-20,30-18-11-27-16(10-28-18)21(24,25)26)9-17(20)32-13-2-3-14(22)15(23)8-13/h2-3,8,10-11,17H,4-7,9H2,1H3,(H,28,30)(H,29,31). The molecule has 5 rings (SSSR count). The van der Waals surface area contributed by atoms with Crippen LogP contribution < -0.4 is 15.4 Å². The maximum Gasteiger partial charge on any atom is 0.434 e. The van der Waals surface area contributed by atoms with Gasteiger partial charge in [0.25, 0.3) is 0 Å².